The van der Waals surface area contributed by atoms with Gasteiger partial charge in [-0.1, -0.05) is 18.2 Å². The van der Waals surface area contributed by atoms with Crippen molar-refractivity contribution in [1.29, 1.82) is 0 Å². The van der Waals surface area contributed by atoms with Crippen molar-refractivity contribution in [3.63, 3.8) is 0 Å². The Kier molecular flexibility index (Phi) is 6.18. The van der Waals surface area contributed by atoms with Crippen LogP contribution in [0.25, 0.3) is 0 Å². The second-order valence-electron chi connectivity index (χ2n) is 7.15. The highest BCUT2D eigenvalue weighted by Gasteiger charge is 2.31. The first-order valence-corrected chi connectivity index (χ1v) is 10.8. The lowest BCUT2D eigenvalue weighted by Crippen LogP contribution is -2.24. The van der Waals surface area contributed by atoms with Gasteiger partial charge in [0, 0.05) is 22.2 Å². The largest absolute Gasteiger partial charge is 0.493 e. The average molecular weight is 438 g/mol. The number of anilines is 2. The number of methoxy groups -OCH3 is 2. The highest BCUT2D eigenvalue weighted by molar-refractivity contribution is 7.16. The van der Waals surface area contributed by atoms with Crippen LogP contribution in [0.5, 0.6) is 11.5 Å². The van der Waals surface area contributed by atoms with E-state index in [0.717, 1.165) is 23.4 Å². The summed E-state index contributed by atoms with van der Waals surface area (Å²) in [5, 5.41) is 6.33. The molecule has 2 aromatic carbocycles. The van der Waals surface area contributed by atoms with Crippen molar-refractivity contribution in [2.75, 3.05) is 24.9 Å². The Hall–Kier alpha value is -3.39. The Balaban J connectivity index is 1.50. The number of aromatic nitrogens is 1. The van der Waals surface area contributed by atoms with Crippen molar-refractivity contribution in [2.45, 2.75) is 25.2 Å². The van der Waals surface area contributed by atoms with Gasteiger partial charge in [0.15, 0.2) is 16.6 Å². The summed E-state index contributed by atoms with van der Waals surface area (Å²) >= 11 is 1.44. The lowest BCUT2D eigenvalue weighted by molar-refractivity contribution is -0.117. The van der Waals surface area contributed by atoms with Gasteiger partial charge >= 0.3 is 0 Å². The number of nitrogens with zero attached hydrogens (tertiary/aromatic N) is 1. The molecule has 0 aliphatic heterocycles. The maximum absolute atomic E-state index is 13.0. The minimum atomic E-state index is -0.365. The molecule has 1 heterocycles. The molecule has 1 aromatic heterocycles. The van der Waals surface area contributed by atoms with Crippen LogP contribution in [0.4, 0.5) is 10.8 Å². The van der Waals surface area contributed by atoms with Crippen LogP contribution < -0.4 is 20.1 Å². The number of hydrogen-bond donors (Lipinski definition) is 2. The summed E-state index contributed by atoms with van der Waals surface area (Å²) in [5.41, 5.74) is 1.94. The third-order valence-electron chi connectivity index (χ3n) is 5.18. The Labute approximate surface area is 184 Å². The minimum absolute atomic E-state index is 0.126. The van der Waals surface area contributed by atoms with Crippen LogP contribution in [0, 0.1) is 0 Å². The van der Waals surface area contributed by atoms with Gasteiger partial charge < -0.3 is 14.8 Å². The van der Waals surface area contributed by atoms with E-state index in [-0.39, 0.29) is 17.7 Å². The molecule has 2 N–H and O–H groups in total. The van der Waals surface area contributed by atoms with E-state index in [4.69, 9.17) is 9.47 Å². The zero-order valence-electron chi connectivity index (χ0n) is 17.3. The number of carbonyl (C=O) groups excluding carboxylic acids is 2. The van der Waals surface area contributed by atoms with Crippen molar-refractivity contribution in [3.05, 3.63) is 64.7 Å². The Morgan fingerprint density at radius 3 is 2.55 bits per heavy atom. The van der Waals surface area contributed by atoms with Crippen LogP contribution in [-0.2, 0) is 11.2 Å². The molecule has 0 spiro atoms. The summed E-state index contributed by atoms with van der Waals surface area (Å²) < 4.78 is 10.6. The number of amides is 2. The number of fused-ring (bicyclic) bond motifs is 1. The van der Waals surface area contributed by atoms with E-state index < -0.39 is 0 Å². The van der Waals surface area contributed by atoms with Crippen molar-refractivity contribution < 1.29 is 19.1 Å². The number of carbonyl (C=O) groups is 2. The minimum Gasteiger partial charge on any atom is -0.493 e. The summed E-state index contributed by atoms with van der Waals surface area (Å²) in [4.78, 5) is 31.1. The predicted molar refractivity (Wildman–Crippen MR) is 120 cm³/mol. The number of ether oxygens (including phenoxy) is 2. The van der Waals surface area contributed by atoms with Gasteiger partial charge in [-0.05, 0) is 43.5 Å². The second-order valence-corrected chi connectivity index (χ2v) is 8.24. The molecule has 7 nitrogen and oxygen atoms in total. The molecule has 160 valence electrons. The van der Waals surface area contributed by atoms with E-state index in [1.165, 1.54) is 11.3 Å². The van der Waals surface area contributed by atoms with Crippen molar-refractivity contribution in [3.8, 4) is 11.5 Å². The molecule has 0 saturated heterocycles. The lowest BCUT2D eigenvalue weighted by Gasteiger charge is -2.20. The van der Waals surface area contributed by atoms with Crippen LogP contribution in [0.2, 0.25) is 0 Å². The number of rotatable bonds is 6. The summed E-state index contributed by atoms with van der Waals surface area (Å²) in [6, 6.07) is 14.3. The highest BCUT2D eigenvalue weighted by Crippen LogP contribution is 2.38. The Morgan fingerprint density at radius 1 is 1.03 bits per heavy atom. The van der Waals surface area contributed by atoms with Gasteiger partial charge in [-0.2, -0.15) is 0 Å². The molecule has 0 saturated carbocycles. The number of hydrogen-bond acceptors (Lipinski definition) is 6. The Bertz CT molecular complexity index is 1100. The molecule has 0 fully saturated rings. The number of thiazole rings is 1. The molecule has 8 heteroatoms. The van der Waals surface area contributed by atoms with E-state index in [9.17, 15) is 9.59 Å². The molecule has 1 atom stereocenters. The second kappa shape index (κ2) is 9.18. The van der Waals surface area contributed by atoms with Crippen LogP contribution >= 0.6 is 11.3 Å². The lowest BCUT2D eigenvalue weighted by atomic mass is 9.90. The molecule has 1 unspecified atom stereocenters. The fourth-order valence-electron chi connectivity index (χ4n) is 3.63. The van der Waals surface area contributed by atoms with Crippen LogP contribution in [0.15, 0.2) is 48.5 Å². The molecule has 0 bridgehead atoms. The molecular weight excluding hydrogens is 414 g/mol. The van der Waals surface area contributed by atoms with Gasteiger partial charge in [0.05, 0.1) is 25.8 Å². The molecule has 0 radical (unpaired) electrons. The van der Waals surface area contributed by atoms with E-state index in [1.807, 2.05) is 18.2 Å². The maximum atomic E-state index is 13.0. The third kappa shape index (κ3) is 4.54. The highest BCUT2D eigenvalue weighted by atomic mass is 32.1. The summed E-state index contributed by atoms with van der Waals surface area (Å²) in [7, 11) is 3.12. The Morgan fingerprint density at radius 2 is 1.81 bits per heavy atom. The molecule has 1 aliphatic carbocycles. The third-order valence-corrected chi connectivity index (χ3v) is 6.22. The predicted octanol–water partition coefficient (Wildman–Crippen LogP) is 4.47. The number of aryl methyl sites for hydroxylation is 1. The fourth-order valence-corrected chi connectivity index (χ4v) is 4.69. The fraction of sp³-hybridized carbons (Fsp3) is 0.261. The molecule has 31 heavy (non-hydrogen) atoms. The molecular formula is C23H23N3O4S. The van der Waals surface area contributed by atoms with Crippen LogP contribution in [0.1, 0.15) is 39.7 Å². The molecule has 2 amide bonds. The van der Waals surface area contributed by atoms with Gasteiger partial charge in [-0.15, -0.1) is 11.3 Å². The maximum Gasteiger partial charge on any atom is 0.257 e. The number of benzene rings is 2. The zero-order chi connectivity index (χ0) is 21.8. The van der Waals surface area contributed by atoms with Gasteiger partial charge in [0.1, 0.15) is 0 Å². The van der Waals surface area contributed by atoms with Crippen molar-refractivity contribution >= 4 is 34.0 Å². The van der Waals surface area contributed by atoms with E-state index >= 15 is 0 Å². The molecule has 4 rings (SSSR count). The van der Waals surface area contributed by atoms with Crippen LogP contribution in [0.3, 0.4) is 0 Å². The van der Waals surface area contributed by atoms with E-state index in [1.54, 1.807) is 44.6 Å². The topological polar surface area (TPSA) is 89.6 Å². The molecule has 3 aromatic rings. The monoisotopic (exact) mass is 437 g/mol. The van der Waals surface area contributed by atoms with E-state index in [2.05, 4.69) is 15.6 Å². The van der Waals surface area contributed by atoms with Crippen LogP contribution in [-0.4, -0.2) is 31.0 Å². The van der Waals surface area contributed by atoms with Gasteiger partial charge in [0.2, 0.25) is 5.91 Å². The SMILES string of the molecule is COc1ccc(NC(=O)C2CCCc3sc(NC(=O)c4ccccc4)nc32)cc1OC. The van der Waals surface area contributed by atoms with Gasteiger partial charge in [-0.25, -0.2) is 4.98 Å². The molecule has 1 aliphatic rings. The first kappa shape index (κ1) is 20.9. The standard InChI is InChI=1S/C23H23N3O4S/c1-29-17-12-11-15(13-18(17)30-2)24-22(28)16-9-6-10-19-20(16)25-23(31-19)26-21(27)14-7-4-3-5-8-14/h3-5,7-8,11-13,16H,6,9-10H2,1-2H3,(H,24,28)(H,25,26,27). The zero-order valence-corrected chi connectivity index (χ0v) is 18.1. The first-order valence-electron chi connectivity index (χ1n) is 9.98. The first-order chi connectivity index (χ1) is 15.1. The summed E-state index contributed by atoms with van der Waals surface area (Å²) in [6.45, 7) is 0. The van der Waals surface area contributed by atoms with Crippen molar-refractivity contribution in [2.24, 2.45) is 0 Å². The van der Waals surface area contributed by atoms with Gasteiger partial charge in [0.25, 0.3) is 5.91 Å². The van der Waals surface area contributed by atoms with Gasteiger partial charge in [-0.3, -0.25) is 14.9 Å². The van der Waals surface area contributed by atoms with Crippen molar-refractivity contribution in [1.82, 2.24) is 4.98 Å². The quantitative estimate of drug-likeness (QED) is 0.594. The summed E-state index contributed by atoms with van der Waals surface area (Å²) in [5.74, 6) is 0.441. The van der Waals surface area contributed by atoms with E-state index in [0.29, 0.717) is 34.3 Å². The smallest absolute Gasteiger partial charge is 0.257 e. The average Bonchev–Trinajstić information content (AvgIpc) is 3.21. The summed E-state index contributed by atoms with van der Waals surface area (Å²) in [6.07, 6.45) is 2.46. The normalized spacial score (nSPS) is 15.0. The number of nitrogens with one attached hydrogen (secondary N) is 2.